The van der Waals surface area contributed by atoms with Gasteiger partial charge in [0, 0.05) is 32.2 Å². The predicted octanol–water partition coefficient (Wildman–Crippen LogP) is 1.42. The van der Waals surface area contributed by atoms with Gasteiger partial charge in [0.05, 0.1) is 6.61 Å². The van der Waals surface area contributed by atoms with Gasteiger partial charge in [-0.25, -0.2) is 12.7 Å². The van der Waals surface area contributed by atoms with Crippen LogP contribution >= 0.6 is 0 Å². The van der Waals surface area contributed by atoms with E-state index in [1.165, 1.54) is 20.2 Å². The van der Waals surface area contributed by atoms with Crippen LogP contribution in [0.2, 0.25) is 0 Å². The maximum atomic E-state index is 12.5. The molecule has 1 amide bonds. The zero-order valence-corrected chi connectivity index (χ0v) is 15.1. The van der Waals surface area contributed by atoms with Crippen molar-refractivity contribution < 1.29 is 17.9 Å². The molecule has 1 aliphatic heterocycles. The van der Waals surface area contributed by atoms with Gasteiger partial charge in [-0.2, -0.15) is 0 Å². The summed E-state index contributed by atoms with van der Waals surface area (Å²) in [4.78, 5) is 12.2. The second-order valence-corrected chi connectivity index (χ2v) is 8.05. The highest BCUT2D eigenvalue weighted by Gasteiger charge is 2.24. The van der Waals surface area contributed by atoms with Gasteiger partial charge in [-0.15, -0.1) is 0 Å². The number of carbonyl (C=O) groups excluding carboxylic acids is 1. The minimum atomic E-state index is -3.67. The van der Waals surface area contributed by atoms with E-state index >= 15 is 0 Å². The van der Waals surface area contributed by atoms with Crippen molar-refractivity contribution in [3.8, 4) is 5.75 Å². The molecule has 0 spiro atoms. The molecule has 2 N–H and O–H groups in total. The van der Waals surface area contributed by atoms with Crippen LogP contribution in [-0.4, -0.2) is 51.9 Å². The number of hydrogen-bond acceptors (Lipinski definition) is 5. The average Bonchev–Trinajstić information content (AvgIpc) is 3.01. The van der Waals surface area contributed by atoms with Gasteiger partial charge < -0.3 is 15.4 Å². The predicted molar refractivity (Wildman–Crippen MR) is 92.8 cm³/mol. The van der Waals surface area contributed by atoms with Crippen molar-refractivity contribution in [2.45, 2.75) is 37.1 Å². The van der Waals surface area contributed by atoms with Crippen LogP contribution in [0.4, 0.5) is 5.69 Å². The van der Waals surface area contributed by atoms with E-state index in [1.807, 2.05) is 0 Å². The summed E-state index contributed by atoms with van der Waals surface area (Å²) in [6.45, 7) is 3.08. The number of ether oxygens (including phenoxy) is 1. The Labute approximate surface area is 143 Å². The van der Waals surface area contributed by atoms with Crippen molar-refractivity contribution in [3.63, 3.8) is 0 Å². The van der Waals surface area contributed by atoms with Gasteiger partial charge in [-0.3, -0.25) is 4.79 Å². The summed E-state index contributed by atoms with van der Waals surface area (Å²) in [5, 5.41) is 6.04. The van der Waals surface area contributed by atoms with Gasteiger partial charge >= 0.3 is 0 Å². The molecule has 1 heterocycles. The highest BCUT2D eigenvalue weighted by Crippen LogP contribution is 2.29. The van der Waals surface area contributed by atoms with Crippen molar-refractivity contribution >= 4 is 21.6 Å². The van der Waals surface area contributed by atoms with Crippen molar-refractivity contribution in [2.75, 3.05) is 32.6 Å². The topological polar surface area (TPSA) is 87.7 Å². The largest absolute Gasteiger partial charge is 0.492 e. The van der Waals surface area contributed by atoms with E-state index < -0.39 is 10.0 Å². The lowest BCUT2D eigenvalue weighted by Gasteiger charge is -2.17. The average molecular weight is 355 g/mol. The van der Waals surface area contributed by atoms with Crippen molar-refractivity contribution in [2.24, 2.45) is 0 Å². The first kappa shape index (κ1) is 18.7. The van der Waals surface area contributed by atoms with Crippen LogP contribution in [0.25, 0.3) is 0 Å². The number of nitrogens with one attached hydrogen (secondary N) is 2. The molecule has 0 aromatic heterocycles. The van der Waals surface area contributed by atoms with Gasteiger partial charge in [0.25, 0.3) is 0 Å². The molecule has 0 radical (unpaired) electrons. The summed E-state index contributed by atoms with van der Waals surface area (Å²) in [7, 11) is -0.745. The summed E-state index contributed by atoms with van der Waals surface area (Å²) in [6, 6.07) is 4.86. The van der Waals surface area contributed by atoms with E-state index in [4.69, 9.17) is 4.74 Å². The first-order valence-electron chi connectivity index (χ1n) is 8.07. The summed E-state index contributed by atoms with van der Waals surface area (Å²) in [6.07, 6.45) is 2.44. The monoisotopic (exact) mass is 355 g/mol. The van der Waals surface area contributed by atoms with Gasteiger partial charge in [-0.05, 0) is 44.5 Å². The van der Waals surface area contributed by atoms with Crippen molar-refractivity contribution in [1.82, 2.24) is 9.62 Å². The van der Waals surface area contributed by atoms with Crippen LogP contribution in [0.1, 0.15) is 26.2 Å². The normalized spacial score (nSPS) is 17.9. The minimum absolute atomic E-state index is 0.0474. The summed E-state index contributed by atoms with van der Waals surface area (Å²) in [5.41, 5.74) is 0.446. The van der Waals surface area contributed by atoms with E-state index in [1.54, 1.807) is 19.1 Å². The quantitative estimate of drug-likeness (QED) is 0.772. The lowest BCUT2D eigenvalue weighted by molar-refractivity contribution is -0.116. The second kappa shape index (κ2) is 7.96. The van der Waals surface area contributed by atoms with Crippen LogP contribution < -0.4 is 15.4 Å². The SMILES string of the molecule is CCOc1ccc(NC(=O)CC2CCCN2)cc1S(=O)(=O)N(C)C. The minimum Gasteiger partial charge on any atom is -0.492 e. The van der Waals surface area contributed by atoms with Crippen LogP contribution in [0.3, 0.4) is 0 Å². The molecule has 134 valence electrons. The summed E-state index contributed by atoms with van der Waals surface area (Å²) >= 11 is 0. The van der Waals surface area contributed by atoms with E-state index in [9.17, 15) is 13.2 Å². The molecule has 0 aliphatic carbocycles. The number of carbonyl (C=O) groups is 1. The van der Waals surface area contributed by atoms with Crippen LogP contribution in [0.15, 0.2) is 23.1 Å². The highest BCUT2D eigenvalue weighted by molar-refractivity contribution is 7.89. The van der Waals surface area contributed by atoms with Gasteiger partial charge in [0.2, 0.25) is 15.9 Å². The fraction of sp³-hybridized carbons (Fsp3) is 0.562. The number of benzene rings is 1. The third-order valence-corrected chi connectivity index (χ3v) is 5.72. The van der Waals surface area contributed by atoms with Crippen LogP contribution in [0, 0.1) is 0 Å². The molecular weight excluding hydrogens is 330 g/mol. The Hall–Kier alpha value is -1.64. The molecule has 0 bridgehead atoms. The molecule has 2 rings (SSSR count). The van der Waals surface area contributed by atoms with Crippen LogP contribution in [0.5, 0.6) is 5.75 Å². The number of anilines is 1. The number of nitrogens with zero attached hydrogens (tertiary/aromatic N) is 1. The maximum Gasteiger partial charge on any atom is 0.246 e. The van der Waals surface area contributed by atoms with Crippen molar-refractivity contribution in [1.29, 1.82) is 0 Å². The molecule has 1 atom stereocenters. The molecule has 24 heavy (non-hydrogen) atoms. The smallest absolute Gasteiger partial charge is 0.246 e. The van der Waals surface area contributed by atoms with Gasteiger partial charge in [0.1, 0.15) is 10.6 Å². The molecule has 7 nitrogen and oxygen atoms in total. The molecule has 1 aromatic rings. The number of sulfonamides is 1. The second-order valence-electron chi connectivity index (χ2n) is 5.93. The molecule has 1 unspecified atom stereocenters. The summed E-state index contributed by atoms with van der Waals surface area (Å²) < 4.78 is 31.5. The lowest BCUT2D eigenvalue weighted by Crippen LogP contribution is -2.27. The first-order valence-corrected chi connectivity index (χ1v) is 9.51. The van der Waals surface area contributed by atoms with Gasteiger partial charge in [0.15, 0.2) is 0 Å². The molecule has 1 saturated heterocycles. The molecule has 8 heteroatoms. The standard InChI is InChI=1S/C16H25N3O4S/c1-4-23-14-8-7-13(10-15(14)24(21,22)19(2)3)18-16(20)11-12-6-5-9-17-12/h7-8,10,12,17H,4-6,9,11H2,1-3H3,(H,18,20). The maximum absolute atomic E-state index is 12.5. The Balaban J connectivity index is 2.20. The zero-order valence-electron chi connectivity index (χ0n) is 14.3. The Bertz CT molecular complexity index is 683. The Morgan fingerprint density at radius 1 is 1.42 bits per heavy atom. The molecule has 1 aliphatic rings. The Morgan fingerprint density at radius 3 is 2.75 bits per heavy atom. The summed E-state index contributed by atoms with van der Waals surface area (Å²) in [5.74, 6) is 0.147. The molecule has 1 aromatic carbocycles. The molecule has 0 saturated carbocycles. The molecular formula is C16H25N3O4S. The number of rotatable bonds is 7. The van der Waals surface area contributed by atoms with Crippen molar-refractivity contribution in [3.05, 3.63) is 18.2 Å². The fourth-order valence-electron chi connectivity index (χ4n) is 2.63. The Kier molecular flexibility index (Phi) is 6.20. The van der Waals surface area contributed by atoms with E-state index in [0.29, 0.717) is 18.7 Å². The zero-order chi connectivity index (χ0) is 17.7. The lowest BCUT2D eigenvalue weighted by atomic mass is 10.1. The third kappa shape index (κ3) is 4.46. The van der Waals surface area contributed by atoms with Gasteiger partial charge in [-0.1, -0.05) is 0 Å². The molecule has 1 fully saturated rings. The van der Waals surface area contributed by atoms with E-state index in [2.05, 4.69) is 10.6 Å². The van der Waals surface area contributed by atoms with E-state index in [-0.39, 0.29) is 22.6 Å². The first-order chi connectivity index (χ1) is 11.3. The van der Waals surface area contributed by atoms with E-state index in [0.717, 1.165) is 23.7 Å². The Morgan fingerprint density at radius 2 is 2.17 bits per heavy atom. The fourth-order valence-corrected chi connectivity index (χ4v) is 3.68. The number of amides is 1. The number of hydrogen-bond donors (Lipinski definition) is 2. The highest BCUT2D eigenvalue weighted by atomic mass is 32.2. The third-order valence-electron chi connectivity index (χ3n) is 3.88. The van der Waals surface area contributed by atoms with Crippen LogP contribution in [-0.2, 0) is 14.8 Å².